The van der Waals surface area contributed by atoms with Crippen molar-refractivity contribution in [2.24, 2.45) is 0 Å². The first-order chi connectivity index (χ1) is 15.3. The van der Waals surface area contributed by atoms with Crippen molar-refractivity contribution in [3.8, 4) is 23.1 Å². The summed E-state index contributed by atoms with van der Waals surface area (Å²) in [4.78, 5) is 0. The standard InChI is InChI=1S/C26H30N4O/c1-2-23-17-21(11-8-15-27-18-22-9-4-3-5-10-22)13-14-25(23)26-20-30(29-28-26)19-24-12-6-7-16-31-24/h3-5,9-10,13-14,17,20,24,27H,2,6-7,12,15-16,18-19H2,1H3. The molecule has 1 fully saturated rings. The van der Waals surface area contributed by atoms with Gasteiger partial charge in [-0.3, -0.25) is 0 Å². The van der Waals surface area contributed by atoms with Gasteiger partial charge in [0.2, 0.25) is 0 Å². The lowest BCUT2D eigenvalue weighted by molar-refractivity contribution is 0.00370. The van der Waals surface area contributed by atoms with Crippen LogP contribution in [0.2, 0.25) is 0 Å². The van der Waals surface area contributed by atoms with Crippen molar-refractivity contribution >= 4 is 0 Å². The van der Waals surface area contributed by atoms with Crippen molar-refractivity contribution in [3.05, 3.63) is 71.4 Å². The molecule has 1 unspecified atom stereocenters. The Balaban J connectivity index is 1.37. The van der Waals surface area contributed by atoms with Crippen molar-refractivity contribution in [2.75, 3.05) is 13.2 Å². The van der Waals surface area contributed by atoms with Gasteiger partial charge in [-0.1, -0.05) is 60.4 Å². The molecule has 0 spiro atoms. The Morgan fingerprint density at radius 1 is 1.16 bits per heavy atom. The Morgan fingerprint density at radius 3 is 2.87 bits per heavy atom. The average molecular weight is 415 g/mol. The van der Waals surface area contributed by atoms with Crippen molar-refractivity contribution in [1.82, 2.24) is 20.3 Å². The predicted octanol–water partition coefficient (Wildman–Crippen LogP) is 4.22. The second-order valence-electron chi connectivity index (χ2n) is 7.93. The second kappa shape index (κ2) is 10.9. The molecule has 0 amide bonds. The molecule has 1 aliphatic heterocycles. The third-order valence-electron chi connectivity index (χ3n) is 5.58. The van der Waals surface area contributed by atoms with E-state index >= 15 is 0 Å². The van der Waals surface area contributed by atoms with Crippen LogP contribution in [0.4, 0.5) is 0 Å². The van der Waals surface area contributed by atoms with E-state index in [-0.39, 0.29) is 6.10 Å². The first-order valence-electron chi connectivity index (χ1n) is 11.2. The van der Waals surface area contributed by atoms with Gasteiger partial charge in [0.15, 0.2) is 0 Å². The highest BCUT2D eigenvalue weighted by molar-refractivity contribution is 5.64. The number of hydrogen-bond donors (Lipinski definition) is 1. The van der Waals surface area contributed by atoms with E-state index in [2.05, 4.69) is 76.9 Å². The zero-order valence-electron chi connectivity index (χ0n) is 18.2. The number of aromatic nitrogens is 3. The van der Waals surface area contributed by atoms with E-state index in [1.165, 1.54) is 17.5 Å². The van der Waals surface area contributed by atoms with E-state index in [4.69, 9.17) is 4.74 Å². The largest absolute Gasteiger partial charge is 0.376 e. The second-order valence-corrected chi connectivity index (χ2v) is 7.93. The number of ether oxygens (including phenoxy) is 1. The summed E-state index contributed by atoms with van der Waals surface area (Å²) in [5.41, 5.74) is 5.59. The summed E-state index contributed by atoms with van der Waals surface area (Å²) < 4.78 is 7.74. The molecule has 0 aliphatic carbocycles. The lowest BCUT2D eigenvalue weighted by Crippen LogP contribution is -2.24. The van der Waals surface area contributed by atoms with Crippen LogP contribution in [0.3, 0.4) is 0 Å². The van der Waals surface area contributed by atoms with Gasteiger partial charge >= 0.3 is 0 Å². The molecule has 31 heavy (non-hydrogen) atoms. The van der Waals surface area contributed by atoms with Crippen LogP contribution >= 0.6 is 0 Å². The Hall–Kier alpha value is -2.94. The fourth-order valence-electron chi connectivity index (χ4n) is 3.90. The topological polar surface area (TPSA) is 52.0 Å². The van der Waals surface area contributed by atoms with Gasteiger partial charge in [-0.15, -0.1) is 5.10 Å². The lowest BCUT2D eigenvalue weighted by Gasteiger charge is -2.21. The van der Waals surface area contributed by atoms with Crippen LogP contribution in [-0.4, -0.2) is 34.2 Å². The maximum Gasteiger partial charge on any atom is 0.113 e. The van der Waals surface area contributed by atoms with Crippen molar-refractivity contribution in [1.29, 1.82) is 0 Å². The van der Waals surface area contributed by atoms with Gasteiger partial charge in [0.25, 0.3) is 0 Å². The fraction of sp³-hybridized carbons (Fsp3) is 0.385. The smallest absolute Gasteiger partial charge is 0.113 e. The van der Waals surface area contributed by atoms with Crippen LogP contribution in [0, 0.1) is 11.8 Å². The molecule has 0 saturated carbocycles. The maximum atomic E-state index is 5.83. The van der Waals surface area contributed by atoms with Crippen molar-refractivity contribution in [3.63, 3.8) is 0 Å². The maximum absolute atomic E-state index is 5.83. The van der Waals surface area contributed by atoms with Gasteiger partial charge in [0.05, 0.1) is 25.4 Å². The number of aryl methyl sites for hydroxylation is 1. The van der Waals surface area contributed by atoms with E-state index in [1.54, 1.807) is 0 Å². The van der Waals surface area contributed by atoms with Crippen LogP contribution in [-0.2, 0) is 24.2 Å². The molecule has 4 rings (SSSR count). The molecule has 3 aromatic rings. The van der Waals surface area contributed by atoms with Gasteiger partial charge in [-0.25, -0.2) is 4.68 Å². The van der Waals surface area contributed by atoms with Crippen molar-refractivity contribution in [2.45, 2.75) is 51.8 Å². The highest BCUT2D eigenvalue weighted by Gasteiger charge is 2.16. The Kier molecular flexibility index (Phi) is 7.49. The third-order valence-corrected chi connectivity index (χ3v) is 5.58. The summed E-state index contributed by atoms with van der Waals surface area (Å²) in [7, 11) is 0. The number of rotatable bonds is 7. The predicted molar refractivity (Wildman–Crippen MR) is 123 cm³/mol. The van der Waals surface area contributed by atoms with Crippen LogP contribution in [0.25, 0.3) is 11.3 Å². The average Bonchev–Trinajstić information content (AvgIpc) is 3.28. The minimum atomic E-state index is 0.252. The molecule has 1 aromatic heterocycles. The molecule has 1 atom stereocenters. The van der Waals surface area contributed by atoms with Gasteiger partial charge in [0.1, 0.15) is 5.69 Å². The normalized spacial score (nSPS) is 16.0. The van der Waals surface area contributed by atoms with Gasteiger partial charge in [-0.05, 0) is 48.9 Å². The zero-order valence-corrected chi connectivity index (χ0v) is 18.2. The molecule has 5 heteroatoms. The monoisotopic (exact) mass is 414 g/mol. The minimum Gasteiger partial charge on any atom is -0.376 e. The molecule has 5 nitrogen and oxygen atoms in total. The molecule has 160 valence electrons. The quantitative estimate of drug-likeness (QED) is 0.465. The molecule has 0 bridgehead atoms. The molecular formula is C26H30N4O. The van der Waals surface area contributed by atoms with E-state index in [9.17, 15) is 0 Å². The van der Waals surface area contributed by atoms with Gasteiger partial charge in [0, 0.05) is 24.3 Å². The van der Waals surface area contributed by atoms with E-state index in [1.807, 2.05) is 16.9 Å². The molecule has 1 aliphatic rings. The Morgan fingerprint density at radius 2 is 2.06 bits per heavy atom. The van der Waals surface area contributed by atoms with E-state index in [0.717, 1.165) is 55.8 Å². The first kappa shape index (κ1) is 21.3. The van der Waals surface area contributed by atoms with Crippen LogP contribution in [0.15, 0.2) is 54.7 Å². The summed E-state index contributed by atoms with van der Waals surface area (Å²) >= 11 is 0. The molecule has 0 radical (unpaired) electrons. The SMILES string of the molecule is CCc1cc(C#CCNCc2ccccc2)ccc1-c1cn(CC2CCCCO2)nn1. The fourth-order valence-corrected chi connectivity index (χ4v) is 3.90. The number of hydrogen-bond acceptors (Lipinski definition) is 4. The lowest BCUT2D eigenvalue weighted by atomic mass is 10.00. The van der Waals surface area contributed by atoms with Gasteiger partial charge in [-0.2, -0.15) is 0 Å². The first-order valence-corrected chi connectivity index (χ1v) is 11.2. The van der Waals surface area contributed by atoms with E-state index in [0.29, 0.717) is 6.54 Å². The summed E-state index contributed by atoms with van der Waals surface area (Å²) in [6.45, 7) is 5.29. The highest BCUT2D eigenvalue weighted by Crippen LogP contribution is 2.24. The third kappa shape index (κ3) is 6.04. The number of nitrogens with one attached hydrogen (secondary N) is 1. The van der Waals surface area contributed by atoms with Crippen LogP contribution in [0.1, 0.15) is 42.9 Å². The summed E-state index contributed by atoms with van der Waals surface area (Å²) in [6, 6.07) is 16.7. The van der Waals surface area contributed by atoms with E-state index < -0.39 is 0 Å². The zero-order chi connectivity index (χ0) is 21.3. The Labute approximate surface area is 184 Å². The number of nitrogens with zero attached hydrogens (tertiary/aromatic N) is 3. The van der Waals surface area contributed by atoms with Crippen LogP contribution in [0.5, 0.6) is 0 Å². The summed E-state index contributed by atoms with van der Waals surface area (Å²) in [5, 5.41) is 12.1. The van der Waals surface area contributed by atoms with Crippen molar-refractivity contribution < 1.29 is 4.74 Å². The summed E-state index contributed by atoms with van der Waals surface area (Å²) in [5.74, 6) is 6.50. The molecular weight excluding hydrogens is 384 g/mol. The Bertz CT molecular complexity index is 1030. The summed E-state index contributed by atoms with van der Waals surface area (Å²) in [6.07, 6.45) is 6.71. The molecule has 1 N–H and O–H groups in total. The van der Waals surface area contributed by atoms with Gasteiger partial charge < -0.3 is 10.1 Å². The molecule has 1 saturated heterocycles. The van der Waals surface area contributed by atoms with Crippen LogP contribution < -0.4 is 5.32 Å². The molecule has 2 heterocycles. The minimum absolute atomic E-state index is 0.252. The number of benzene rings is 2. The highest BCUT2D eigenvalue weighted by atomic mass is 16.5. The molecule has 2 aromatic carbocycles.